The zero-order valence-electron chi connectivity index (χ0n) is 33.3. The third-order valence-corrected chi connectivity index (χ3v) is 10.8. The summed E-state index contributed by atoms with van der Waals surface area (Å²) in [4.78, 5) is 64.3. The standard InChI is InChI=1S/C42H56N6O6S2/c1-29(2)38-45-34(27-55-38)25-48(6)39(50)47-36(19-20-44-40(51)54-42(3,4)5)37(49)23-32(21-30-13-9-7-10-14-30)17-18-33(22-31-15-11-8-12-16-31)46-41(52)53-26-35-24-43-28-56-35/h7-16,24,27-29,32-33,36H,17-23,25-26H2,1-6H3,(H,44,51)(H,46,52)(H,47,50). The molecular formula is C42H56N6O6S2. The molecule has 302 valence electrons. The topological polar surface area (TPSA) is 152 Å². The molecule has 3 atom stereocenters. The van der Waals surface area contributed by atoms with Gasteiger partial charge in [0.1, 0.15) is 12.2 Å². The number of thiazole rings is 2. The number of benzene rings is 2. The van der Waals surface area contributed by atoms with Gasteiger partial charge in [-0.15, -0.1) is 22.7 Å². The van der Waals surface area contributed by atoms with Crippen LogP contribution in [0, 0.1) is 5.92 Å². The summed E-state index contributed by atoms with van der Waals surface area (Å²) in [5, 5.41) is 11.7. The van der Waals surface area contributed by atoms with Gasteiger partial charge in [0.2, 0.25) is 0 Å². The molecule has 0 radical (unpaired) electrons. The Morgan fingerprint density at radius 3 is 2.14 bits per heavy atom. The minimum absolute atomic E-state index is 0.112. The first kappa shape index (κ1) is 43.9. The monoisotopic (exact) mass is 804 g/mol. The van der Waals surface area contributed by atoms with Crippen molar-refractivity contribution in [3.05, 3.63) is 104 Å². The van der Waals surface area contributed by atoms with E-state index in [-0.39, 0.29) is 56.2 Å². The van der Waals surface area contributed by atoms with Crippen LogP contribution in [0.4, 0.5) is 14.4 Å². The number of Topliss-reactive ketones (excluding diaryl/α,β-unsaturated/α-hetero) is 1. The molecule has 4 rings (SSSR count). The van der Waals surface area contributed by atoms with Crippen LogP contribution in [0.2, 0.25) is 0 Å². The largest absolute Gasteiger partial charge is 0.444 e. The van der Waals surface area contributed by atoms with Crippen LogP contribution >= 0.6 is 22.7 Å². The number of ketones is 1. The predicted octanol–water partition coefficient (Wildman–Crippen LogP) is 8.28. The number of hydrogen-bond acceptors (Lipinski definition) is 10. The quantitative estimate of drug-likeness (QED) is 0.0808. The van der Waals surface area contributed by atoms with Crippen LogP contribution in [0.1, 0.15) is 92.9 Å². The summed E-state index contributed by atoms with van der Waals surface area (Å²) < 4.78 is 10.9. The molecule has 0 saturated carbocycles. The Balaban J connectivity index is 1.49. The summed E-state index contributed by atoms with van der Waals surface area (Å²) in [5.41, 5.74) is 3.94. The van der Waals surface area contributed by atoms with E-state index in [1.807, 2.05) is 66.0 Å². The van der Waals surface area contributed by atoms with E-state index < -0.39 is 29.9 Å². The number of nitrogens with one attached hydrogen (secondary N) is 3. The molecule has 14 heteroatoms. The number of amides is 4. The van der Waals surface area contributed by atoms with E-state index in [1.54, 1.807) is 50.9 Å². The van der Waals surface area contributed by atoms with Crippen molar-refractivity contribution in [2.45, 2.75) is 110 Å². The van der Waals surface area contributed by atoms with Crippen LogP contribution in [0.5, 0.6) is 0 Å². The van der Waals surface area contributed by atoms with Crippen LogP contribution in [0.25, 0.3) is 0 Å². The average Bonchev–Trinajstić information content (AvgIpc) is 3.85. The summed E-state index contributed by atoms with van der Waals surface area (Å²) in [5.74, 6) is 0.0214. The molecule has 0 spiro atoms. The first-order valence-electron chi connectivity index (χ1n) is 19.1. The molecule has 0 aliphatic rings. The predicted molar refractivity (Wildman–Crippen MR) is 221 cm³/mol. The van der Waals surface area contributed by atoms with Crippen LogP contribution in [0.15, 0.2) is 77.8 Å². The fraction of sp³-hybridized carbons (Fsp3) is 0.476. The third-order valence-electron chi connectivity index (χ3n) is 8.85. The van der Waals surface area contributed by atoms with Gasteiger partial charge in [-0.3, -0.25) is 9.78 Å². The number of urea groups is 1. The zero-order chi connectivity index (χ0) is 40.5. The lowest BCUT2D eigenvalue weighted by Gasteiger charge is -2.26. The SMILES string of the molecule is CC(C)c1nc(CN(C)C(=O)NC(CCNC(=O)OC(C)(C)C)C(=O)CC(CCC(Cc2ccccc2)NC(=O)OCc2cncs2)Cc2ccccc2)cs1. The van der Waals surface area contributed by atoms with Gasteiger partial charge in [-0.05, 0) is 69.9 Å². The van der Waals surface area contributed by atoms with Gasteiger partial charge in [-0.25, -0.2) is 19.4 Å². The summed E-state index contributed by atoms with van der Waals surface area (Å²) in [7, 11) is 1.67. The van der Waals surface area contributed by atoms with Crippen molar-refractivity contribution in [2.75, 3.05) is 13.6 Å². The van der Waals surface area contributed by atoms with Crippen molar-refractivity contribution in [1.82, 2.24) is 30.8 Å². The molecule has 4 aromatic rings. The Morgan fingerprint density at radius 2 is 1.54 bits per heavy atom. The van der Waals surface area contributed by atoms with Gasteiger partial charge in [-0.2, -0.15) is 0 Å². The van der Waals surface area contributed by atoms with Crippen molar-refractivity contribution < 1.29 is 28.7 Å². The van der Waals surface area contributed by atoms with Crippen molar-refractivity contribution in [2.24, 2.45) is 5.92 Å². The number of alkyl carbamates (subject to hydrolysis) is 2. The number of hydrogen-bond donors (Lipinski definition) is 3. The lowest BCUT2D eigenvalue weighted by atomic mass is 9.86. The summed E-state index contributed by atoms with van der Waals surface area (Å²) in [6.07, 6.45) is 3.32. The molecule has 2 aromatic heterocycles. The molecule has 3 unspecified atom stereocenters. The maximum atomic E-state index is 14.3. The molecule has 0 aliphatic carbocycles. The highest BCUT2D eigenvalue weighted by molar-refractivity contribution is 7.09. The third kappa shape index (κ3) is 16.1. The van der Waals surface area contributed by atoms with Gasteiger partial charge in [-0.1, -0.05) is 74.5 Å². The van der Waals surface area contributed by atoms with Crippen molar-refractivity contribution in [1.29, 1.82) is 0 Å². The highest BCUT2D eigenvalue weighted by Gasteiger charge is 2.27. The Labute approximate surface area is 338 Å². The first-order chi connectivity index (χ1) is 26.7. The normalized spacial score (nSPS) is 13.0. The van der Waals surface area contributed by atoms with Crippen molar-refractivity contribution in [3.8, 4) is 0 Å². The van der Waals surface area contributed by atoms with E-state index in [0.717, 1.165) is 26.7 Å². The molecule has 4 amide bonds. The highest BCUT2D eigenvalue weighted by Crippen LogP contribution is 2.23. The molecule has 3 N–H and O–H groups in total. The lowest BCUT2D eigenvalue weighted by molar-refractivity contribution is -0.122. The van der Waals surface area contributed by atoms with Gasteiger partial charge in [0.25, 0.3) is 0 Å². The fourth-order valence-corrected chi connectivity index (χ4v) is 7.38. The first-order valence-corrected chi connectivity index (χ1v) is 20.8. The zero-order valence-corrected chi connectivity index (χ0v) is 34.9. The Bertz CT molecular complexity index is 1800. The molecule has 0 saturated heterocycles. The molecular weight excluding hydrogens is 749 g/mol. The van der Waals surface area contributed by atoms with Crippen molar-refractivity contribution in [3.63, 3.8) is 0 Å². The number of aromatic nitrogens is 2. The fourth-order valence-electron chi connectivity index (χ4n) is 6.05. The second kappa shape index (κ2) is 22.1. The number of ether oxygens (including phenoxy) is 2. The number of nitrogens with zero attached hydrogens (tertiary/aromatic N) is 3. The minimum atomic E-state index is -0.875. The number of carbonyl (C=O) groups excluding carboxylic acids is 4. The van der Waals surface area contributed by atoms with E-state index in [2.05, 4.69) is 39.8 Å². The smallest absolute Gasteiger partial charge is 0.407 e. The molecule has 2 aromatic carbocycles. The molecule has 12 nitrogen and oxygen atoms in total. The van der Waals surface area contributed by atoms with E-state index in [4.69, 9.17) is 9.47 Å². The Hall–Kier alpha value is -4.82. The van der Waals surface area contributed by atoms with Crippen LogP contribution in [-0.2, 0) is 40.3 Å². The number of carbonyl (C=O) groups is 4. The van der Waals surface area contributed by atoms with E-state index in [1.165, 1.54) is 16.2 Å². The van der Waals surface area contributed by atoms with Crippen LogP contribution in [-0.4, -0.2) is 70.1 Å². The molecule has 0 aliphatic heterocycles. The van der Waals surface area contributed by atoms with Gasteiger partial charge in [0.15, 0.2) is 5.78 Å². The second-order valence-electron chi connectivity index (χ2n) is 15.3. The molecule has 0 fully saturated rings. The van der Waals surface area contributed by atoms with Gasteiger partial charge in [0, 0.05) is 43.5 Å². The van der Waals surface area contributed by atoms with E-state index in [0.29, 0.717) is 25.7 Å². The maximum absolute atomic E-state index is 14.3. The minimum Gasteiger partial charge on any atom is -0.444 e. The average molecular weight is 805 g/mol. The van der Waals surface area contributed by atoms with Crippen molar-refractivity contribution >= 4 is 46.7 Å². The molecule has 2 heterocycles. The second-order valence-corrected chi connectivity index (χ2v) is 17.1. The van der Waals surface area contributed by atoms with Gasteiger partial charge < -0.3 is 30.3 Å². The lowest BCUT2D eigenvalue weighted by Crippen LogP contribution is -2.48. The van der Waals surface area contributed by atoms with E-state index in [9.17, 15) is 19.2 Å². The van der Waals surface area contributed by atoms with Crippen LogP contribution < -0.4 is 16.0 Å². The van der Waals surface area contributed by atoms with Crippen LogP contribution in [0.3, 0.4) is 0 Å². The summed E-state index contributed by atoms with van der Waals surface area (Å²) in [6, 6.07) is 18.4. The van der Waals surface area contributed by atoms with Gasteiger partial charge >= 0.3 is 18.2 Å². The number of rotatable bonds is 20. The maximum Gasteiger partial charge on any atom is 0.407 e. The summed E-state index contributed by atoms with van der Waals surface area (Å²) in [6.45, 7) is 10.0. The Kier molecular flexibility index (Phi) is 17.3. The van der Waals surface area contributed by atoms with E-state index >= 15 is 0 Å². The molecule has 56 heavy (non-hydrogen) atoms. The highest BCUT2D eigenvalue weighted by atomic mass is 32.1. The summed E-state index contributed by atoms with van der Waals surface area (Å²) >= 11 is 2.98. The van der Waals surface area contributed by atoms with Gasteiger partial charge in [0.05, 0.1) is 33.7 Å². The molecule has 0 bridgehead atoms. The Morgan fingerprint density at radius 1 is 0.857 bits per heavy atom.